The molecule has 0 bridgehead atoms. The van der Waals surface area contributed by atoms with Gasteiger partial charge in [0.1, 0.15) is 6.10 Å². The molecule has 4 heteroatoms. The first-order valence-corrected chi connectivity index (χ1v) is 5.11. The van der Waals surface area contributed by atoms with Gasteiger partial charge in [-0.25, -0.2) is 9.37 Å². The fourth-order valence-corrected chi connectivity index (χ4v) is 1.80. The summed E-state index contributed by atoms with van der Waals surface area (Å²) in [6.45, 7) is 0. The molecule has 2 nitrogen and oxygen atoms in total. The Labute approximate surface area is 87.1 Å². The lowest BCUT2D eigenvalue weighted by atomic mass is 10.3. The van der Waals surface area contributed by atoms with Crippen LogP contribution in [-0.2, 0) is 0 Å². The molecular formula is C10H11ClFNO. The average molecular weight is 216 g/mol. The van der Waals surface area contributed by atoms with Crippen LogP contribution in [0.25, 0.3) is 0 Å². The van der Waals surface area contributed by atoms with E-state index in [-0.39, 0.29) is 12.0 Å². The van der Waals surface area contributed by atoms with E-state index in [2.05, 4.69) is 4.98 Å². The summed E-state index contributed by atoms with van der Waals surface area (Å²) in [5.74, 6) is -0.411. The highest BCUT2D eigenvalue weighted by Crippen LogP contribution is 2.25. The molecule has 0 unspecified atom stereocenters. The first-order chi connectivity index (χ1) is 6.75. The highest BCUT2D eigenvalue weighted by atomic mass is 35.5. The fraction of sp³-hybridized carbons (Fsp3) is 0.500. The molecule has 1 fully saturated rings. The molecule has 0 radical (unpaired) electrons. The summed E-state index contributed by atoms with van der Waals surface area (Å²) >= 11 is 5.58. The Morgan fingerprint density at radius 2 is 2.14 bits per heavy atom. The van der Waals surface area contributed by atoms with Crippen molar-refractivity contribution in [1.82, 2.24) is 4.98 Å². The lowest BCUT2D eigenvalue weighted by Crippen LogP contribution is -2.12. The third-order valence-electron chi connectivity index (χ3n) is 2.35. The molecule has 0 aromatic carbocycles. The van der Waals surface area contributed by atoms with Crippen LogP contribution in [0.5, 0.6) is 5.88 Å². The van der Waals surface area contributed by atoms with Crippen molar-refractivity contribution < 1.29 is 9.13 Å². The van der Waals surface area contributed by atoms with E-state index in [1.54, 1.807) is 0 Å². The van der Waals surface area contributed by atoms with E-state index in [1.165, 1.54) is 12.3 Å². The minimum atomic E-state index is -0.482. The molecule has 0 N–H and O–H groups in total. The van der Waals surface area contributed by atoms with Gasteiger partial charge in [-0.1, -0.05) is 11.6 Å². The number of ether oxygens (including phenoxy) is 1. The molecule has 2 rings (SSSR count). The van der Waals surface area contributed by atoms with Gasteiger partial charge in [0.2, 0.25) is 0 Å². The molecule has 1 saturated carbocycles. The Bertz CT molecular complexity index is 326. The lowest BCUT2D eigenvalue weighted by Gasteiger charge is -2.12. The Morgan fingerprint density at radius 1 is 1.43 bits per heavy atom. The van der Waals surface area contributed by atoms with Gasteiger partial charge in [-0.2, -0.15) is 0 Å². The topological polar surface area (TPSA) is 22.1 Å². The van der Waals surface area contributed by atoms with Crippen molar-refractivity contribution in [3.8, 4) is 5.88 Å². The summed E-state index contributed by atoms with van der Waals surface area (Å²) in [7, 11) is 0. The molecule has 14 heavy (non-hydrogen) atoms. The van der Waals surface area contributed by atoms with E-state index >= 15 is 0 Å². The molecule has 1 aliphatic carbocycles. The van der Waals surface area contributed by atoms with Crippen LogP contribution in [0.15, 0.2) is 12.3 Å². The maximum atomic E-state index is 13.2. The van der Waals surface area contributed by atoms with Gasteiger partial charge < -0.3 is 4.74 Å². The quantitative estimate of drug-likeness (QED) is 0.756. The van der Waals surface area contributed by atoms with E-state index in [0.29, 0.717) is 5.02 Å². The third-order valence-corrected chi connectivity index (χ3v) is 2.56. The van der Waals surface area contributed by atoms with Gasteiger partial charge in [-0.15, -0.1) is 0 Å². The average Bonchev–Trinajstić information content (AvgIpc) is 2.62. The maximum Gasteiger partial charge on any atom is 0.250 e. The number of rotatable bonds is 2. The molecule has 0 spiro atoms. The second-order valence-electron chi connectivity index (χ2n) is 3.46. The molecule has 0 saturated heterocycles. The first-order valence-electron chi connectivity index (χ1n) is 4.73. The van der Waals surface area contributed by atoms with E-state index in [0.717, 1.165) is 25.7 Å². The molecule has 76 valence electrons. The molecule has 1 aromatic rings. The van der Waals surface area contributed by atoms with E-state index in [4.69, 9.17) is 16.3 Å². The highest BCUT2D eigenvalue weighted by molar-refractivity contribution is 6.30. The van der Waals surface area contributed by atoms with Gasteiger partial charge in [0.25, 0.3) is 5.88 Å². The summed E-state index contributed by atoms with van der Waals surface area (Å²) in [6.07, 6.45) is 5.81. The number of halogens is 2. The zero-order chi connectivity index (χ0) is 9.97. The highest BCUT2D eigenvalue weighted by Gasteiger charge is 2.18. The van der Waals surface area contributed by atoms with Crippen molar-refractivity contribution in [1.29, 1.82) is 0 Å². The Hall–Kier alpha value is -0.830. The van der Waals surface area contributed by atoms with Gasteiger partial charge in [0.15, 0.2) is 5.82 Å². The minimum absolute atomic E-state index is 0.0706. The third kappa shape index (κ3) is 2.15. The monoisotopic (exact) mass is 215 g/mol. The SMILES string of the molecule is Fc1cc(Cl)cnc1OC1CCCC1. The van der Waals surface area contributed by atoms with Gasteiger partial charge >= 0.3 is 0 Å². The summed E-state index contributed by atoms with van der Waals surface area (Å²) in [4.78, 5) is 3.81. The Morgan fingerprint density at radius 3 is 2.79 bits per heavy atom. The van der Waals surface area contributed by atoms with Crippen LogP contribution < -0.4 is 4.74 Å². The molecular weight excluding hydrogens is 205 g/mol. The minimum Gasteiger partial charge on any atom is -0.472 e. The summed E-state index contributed by atoms with van der Waals surface area (Å²) < 4.78 is 18.6. The van der Waals surface area contributed by atoms with Crippen LogP contribution in [0.2, 0.25) is 5.02 Å². The predicted octanol–water partition coefficient (Wildman–Crippen LogP) is 3.20. The summed E-state index contributed by atoms with van der Waals surface area (Å²) in [5.41, 5.74) is 0. The fourth-order valence-electron chi connectivity index (χ4n) is 1.65. The molecule has 0 amide bonds. The summed E-state index contributed by atoms with van der Waals surface area (Å²) in [5, 5.41) is 0.293. The smallest absolute Gasteiger partial charge is 0.250 e. The van der Waals surface area contributed by atoms with Gasteiger partial charge in [-0.05, 0) is 31.7 Å². The van der Waals surface area contributed by atoms with Crippen LogP contribution in [-0.4, -0.2) is 11.1 Å². The molecule has 1 aliphatic rings. The standard InChI is InChI=1S/C10H11ClFNO/c11-7-5-9(12)10(13-6-7)14-8-3-1-2-4-8/h5-6,8H,1-4H2. The number of nitrogens with zero attached hydrogens (tertiary/aromatic N) is 1. The van der Waals surface area contributed by atoms with Crippen molar-refractivity contribution in [3.05, 3.63) is 23.1 Å². The largest absolute Gasteiger partial charge is 0.472 e. The predicted molar refractivity (Wildman–Crippen MR) is 52.1 cm³/mol. The van der Waals surface area contributed by atoms with E-state index in [9.17, 15) is 4.39 Å². The number of hydrogen-bond acceptors (Lipinski definition) is 2. The number of aromatic nitrogens is 1. The van der Waals surface area contributed by atoms with Gasteiger partial charge in [0.05, 0.1) is 5.02 Å². The van der Waals surface area contributed by atoms with Gasteiger partial charge in [-0.3, -0.25) is 0 Å². The van der Waals surface area contributed by atoms with Crippen LogP contribution in [0.4, 0.5) is 4.39 Å². The first kappa shape index (κ1) is 9.71. The zero-order valence-electron chi connectivity index (χ0n) is 7.67. The number of pyridine rings is 1. The lowest BCUT2D eigenvalue weighted by molar-refractivity contribution is 0.191. The van der Waals surface area contributed by atoms with Crippen molar-refractivity contribution in [3.63, 3.8) is 0 Å². The van der Waals surface area contributed by atoms with Crippen LogP contribution in [0.1, 0.15) is 25.7 Å². The van der Waals surface area contributed by atoms with E-state index in [1.807, 2.05) is 0 Å². The Balaban J connectivity index is 2.08. The molecule has 1 heterocycles. The zero-order valence-corrected chi connectivity index (χ0v) is 8.43. The van der Waals surface area contributed by atoms with Crippen molar-refractivity contribution in [2.24, 2.45) is 0 Å². The second-order valence-corrected chi connectivity index (χ2v) is 3.90. The molecule has 0 atom stereocenters. The van der Waals surface area contributed by atoms with Gasteiger partial charge in [0, 0.05) is 6.20 Å². The molecule has 1 aromatic heterocycles. The van der Waals surface area contributed by atoms with Crippen LogP contribution in [0, 0.1) is 5.82 Å². The van der Waals surface area contributed by atoms with Crippen molar-refractivity contribution >= 4 is 11.6 Å². The van der Waals surface area contributed by atoms with Crippen molar-refractivity contribution in [2.75, 3.05) is 0 Å². The van der Waals surface area contributed by atoms with Crippen LogP contribution in [0.3, 0.4) is 0 Å². The second kappa shape index (κ2) is 4.13. The van der Waals surface area contributed by atoms with Crippen molar-refractivity contribution in [2.45, 2.75) is 31.8 Å². The Kier molecular flexibility index (Phi) is 2.87. The van der Waals surface area contributed by atoms with E-state index < -0.39 is 5.82 Å². The summed E-state index contributed by atoms with van der Waals surface area (Å²) in [6, 6.07) is 1.22. The normalized spacial score (nSPS) is 17.3. The maximum absolute atomic E-state index is 13.2. The number of hydrogen-bond donors (Lipinski definition) is 0. The molecule has 0 aliphatic heterocycles. The van der Waals surface area contributed by atoms with Crippen LogP contribution >= 0.6 is 11.6 Å².